The number of hydrogen-bond acceptors (Lipinski definition) is 3. The molecule has 0 radical (unpaired) electrons. The summed E-state index contributed by atoms with van der Waals surface area (Å²) in [5, 5.41) is 0. The third kappa shape index (κ3) is 2.67. The van der Waals surface area contributed by atoms with E-state index < -0.39 is 0 Å². The van der Waals surface area contributed by atoms with Crippen molar-refractivity contribution in [3.8, 4) is 11.6 Å². The molecular formula is C13H12Br2N2O. The van der Waals surface area contributed by atoms with E-state index in [-0.39, 0.29) is 0 Å². The molecule has 94 valence electrons. The highest BCUT2D eigenvalue weighted by molar-refractivity contribution is 9.11. The summed E-state index contributed by atoms with van der Waals surface area (Å²) in [6.45, 7) is 3.94. The number of nitrogen functional groups attached to an aromatic ring is 1. The second-order valence-corrected chi connectivity index (χ2v) is 5.64. The predicted octanol–water partition coefficient (Wildman–Crippen LogP) is 4.60. The fraction of sp³-hybridized carbons (Fsp3) is 0.154. The molecule has 1 heterocycles. The first-order valence-electron chi connectivity index (χ1n) is 5.33. The topological polar surface area (TPSA) is 48.1 Å². The minimum atomic E-state index is 0.506. The number of nitrogens with zero attached hydrogens (tertiary/aromatic N) is 1. The van der Waals surface area contributed by atoms with Crippen molar-refractivity contribution in [3.63, 3.8) is 0 Å². The van der Waals surface area contributed by atoms with E-state index in [0.29, 0.717) is 11.6 Å². The molecule has 0 atom stereocenters. The normalized spacial score (nSPS) is 10.4. The molecule has 0 aliphatic rings. The fourth-order valence-corrected chi connectivity index (χ4v) is 2.42. The minimum Gasteiger partial charge on any atom is -0.437 e. The van der Waals surface area contributed by atoms with Crippen LogP contribution in [0.25, 0.3) is 0 Å². The van der Waals surface area contributed by atoms with Crippen molar-refractivity contribution < 1.29 is 4.74 Å². The lowest BCUT2D eigenvalue weighted by Gasteiger charge is -2.11. The van der Waals surface area contributed by atoms with E-state index in [1.807, 2.05) is 32.0 Å². The van der Waals surface area contributed by atoms with Crippen LogP contribution >= 0.6 is 31.9 Å². The van der Waals surface area contributed by atoms with Gasteiger partial charge in [-0.05, 0) is 69.0 Å². The van der Waals surface area contributed by atoms with Gasteiger partial charge in [-0.15, -0.1) is 0 Å². The number of benzene rings is 1. The van der Waals surface area contributed by atoms with E-state index in [2.05, 4.69) is 36.8 Å². The molecule has 0 bridgehead atoms. The van der Waals surface area contributed by atoms with E-state index in [9.17, 15) is 0 Å². The van der Waals surface area contributed by atoms with E-state index in [1.54, 1.807) is 6.20 Å². The molecule has 0 spiro atoms. The smallest absolute Gasteiger partial charge is 0.234 e. The van der Waals surface area contributed by atoms with E-state index in [0.717, 1.165) is 25.8 Å². The van der Waals surface area contributed by atoms with Crippen molar-refractivity contribution in [2.45, 2.75) is 13.8 Å². The summed E-state index contributed by atoms with van der Waals surface area (Å²) in [5.74, 6) is 1.23. The van der Waals surface area contributed by atoms with Crippen LogP contribution in [0.3, 0.4) is 0 Å². The number of anilines is 1. The van der Waals surface area contributed by atoms with Gasteiger partial charge in [-0.25, -0.2) is 4.98 Å². The van der Waals surface area contributed by atoms with Crippen LogP contribution in [0, 0.1) is 13.8 Å². The van der Waals surface area contributed by atoms with Gasteiger partial charge in [0.25, 0.3) is 0 Å². The summed E-state index contributed by atoms with van der Waals surface area (Å²) >= 11 is 6.91. The molecule has 0 unspecified atom stereocenters. The number of hydrogen-bond donors (Lipinski definition) is 1. The van der Waals surface area contributed by atoms with Gasteiger partial charge in [0.2, 0.25) is 5.88 Å². The van der Waals surface area contributed by atoms with Gasteiger partial charge in [0.15, 0.2) is 0 Å². The maximum Gasteiger partial charge on any atom is 0.234 e. The molecule has 0 aliphatic carbocycles. The lowest BCUT2D eigenvalue weighted by Crippen LogP contribution is -1.96. The maximum atomic E-state index is 5.78. The molecule has 0 saturated heterocycles. The SMILES string of the molecule is Cc1ccc(Oc2ncc(N)c(C)c2Br)c(Br)c1. The van der Waals surface area contributed by atoms with Crippen LogP contribution in [0.2, 0.25) is 0 Å². The summed E-state index contributed by atoms with van der Waals surface area (Å²) in [6, 6.07) is 5.88. The maximum absolute atomic E-state index is 5.78. The van der Waals surface area contributed by atoms with Crippen LogP contribution in [-0.2, 0) is 0 Å². The number of pyridine rings is 1. The molecule has 3 nitrogen and oxygen atoms in total. The number of nitrogens with two attached hydrogens (primary N) is 1. The molecule has 2 rings (SSSR count). The Balaban J connectivity index is 2.37. The summed E-state index contributed by atoms with van der Waals surface area (Å²) in [5.41, 5.74) is 8.49. The van der Waals surface area contributed by atoms with Gasteiger partial charge in [-0.3, -0.25) is 0 Å². The summed E-state index contributed by atoms with van der Waals surface area (Å²) in [6.07, 6.45) is 1.59. The van der Waals surface area contributed by atoms with Crippen LogP contribution in [0.15, 0.2) is 33.3 Å². The van der Waals surface area contributed by atoms with Gasteiger partial charge in [-0.1, -0.05) is 6.07 Å². The zero-order valence-electron chi connectivity index (χ0n) is 10.00. The summed E-state index contributed by atoms with van der Waals surface area (Å²) in [4.78, 5) is 4.18. The lowest BCUT2D eigenvalue weighted by atomic mass is 10.2. The highest BCUT2D eigenvalue weighted by atomic mass is 79.9. The number of ether oxygens (including phenoxy) is 1. The molecule has 0 saturated carbocycles. The van der Waals surface area contributed by atoms with Gasteiger partial charge in [0, 0.05) is 0 Å². The molecule has 0 aliphatic heterocycles. The molecule has 0 fully saturated rings. The highest BCUT2D eigenvalue weighted by Gasteiger charge is 2.11. The molecule has 1 aromatic carbocycles. The average molecular weight is 372 g/mol. The molecule has 2 N–H and O–H groups in total. The summed E-state index contributed by atoms with van der Waals surface area (Å²) < 4.78 is 7.44. The van der Waals surface area contributed by atoms with Crippen LogP contribution < -0.4 is 10.5 Å². The van der Waals surface area contributed by atoms with Crippen LogP contribution in [0.4, 0.5) is 5.69 Å². The Kier molecular flexibility index (Phi) is 3.92. The number of aryl methyl sites for hydroxylation is 1. The Morgan fingerprint density at radius 3 is 2.61 bits per heavy atom. The third-order valence-corrected chi connectivity index (χ3v) is 4.12. The Morgan fingerprint density at radius 2 is 1.94 bits per heavy atom. The number of halogens is 2. The zero-order valence-corrected chi connectivity index (χ0v) is 13.2. The van der Waals surface area contributed by atoms with Crippen molar-refractivity contribution in [2.75, 3.05) is 5.73 Å². The second kappa shape index (κ2) is 5.28. The monoisotopic (exact) mass is 370 g/mol. The molecule has 18 heavy (non-hydrogen) atoms. The quantitative estimate of drug-likeness (QED) is 0.839. The first kappa shape index (κ1) is 13.4. The van der Waals surface area contributed by atoms with E-state index >= 15 is 0 Å². The van der Waals surface area contributed by atoms with Crippen molar-refractivity contribution in [1.82, 2.24) is 4.98 Å². The van der Waals surface area contributed by atoms with Crippen LogP contribution in [0.1, 0.15) is 11.1 Å². The highest BCUT2D eigenvalue weighted by Crippen LogP contribution is 2.35. The Hall–Kier alpha value is -1.07. The van der Waals surface area contributed by atoms with Crippen molar-refractivity contribution >= 4 is 37.5 Å². The Labute approximate surface area is 123 Å². The number of aromatic nitrogens is 1. The van der Waals surface area contributed by atoms with E-state index in [1.165, 1.54) is 0 Å². The largest absolute Gasteiger partial charge is 0.437 e. The molecule has 1 aromatic heterocycles. The van der Waals surface area contributed by atoms with Gasteiger partial charge >= 0.3 is 0 Å². The first-order chi connectivity index (χ1) is 8.49. The Bertz CT molecular complexity index is 600. The summed E-state index contributed by atoms with van der Waals surface area (Å²) in [7, 11) is 0. The fourth-order valence-electron chi connectivity index (χ4n) is 1.43. The van der Waals surface area contributed by atoms with Crippen molar-refractivity contribution in [3.05, 3.63) is 44.5 Å². The first-order valence-corrected chi connectivity index (χ1v) is 6.92. The Morgan fingerprint density at radius 1 is 1.22 bits per heavy atom. The second-order valence-electron chi connectivity index (χ2n) is 3.99. The minimum absolute atomic E-state index is 0.506. The molecule has 0 amide bonds. The van der Waals surface area contributed by atoms with Gasteiger partial charge < -0.3 is 10.5 Å². The standard InChI is InChI=1S/C13H12Br2N2O/c1-7-3-4-11(9(14)5-7)18-13-12(15)8(2)10(16)6-17-13/h3-6H,16H2,1-2H3. The van der Waals surface area contributed by atoms with Crippen molar-refractivity contribution in [1.29, 1.82) is 0 Å². The molecular weight excluding hydrogens is 360 g/mol. The average Bonchev–Trinajstić information content (AvgIpc) is 2.33. The third-order valence-electron chi connectivity index (χ3n) is 2.56. The van der Waals surface area contributed by atoms with Gasteiger partial charge in [-0.2, -0.15) is 0 Å². The number of rotatable bonds is 2. The van der Waals surface area contributed by atoms with Gasteiger partial charge in [0.1, 0.15) is 5.75 Å². The van der Waals surface area contributed by atoms with Crippen LogP contribution in [-0.4, -0.2) is 4.98 Å². The van der Waals surface area contributed by atoms with Crippen LogP contribution in [0.5, 0.6) is 11.6 Å². The molecule has 2 aromatic rings. The van der Waals surface area contributed by atoms with E-state index in [4.69, 9.17) is 10.5 Å². The zero-order chi connectivity index (χ0) is 13.3. The predicted molar refractivity (Wildman–Crippen MR) is 80.0 cm³/mol. The van der Waals surface area contributed by atoms with Crippen molar-refractivity contribution in [2.24, 2.45) is 0 Å². The van der Waals surface area contributed by atoms with Gasteiger partial charge in [0.05, 0.1) is 20.8 Å². The lowest BCUT2D eigenvalue weighted by molar-refractivity contribution is 0.456. The molecule has 5 heteroatoms.